The van der Waals surface area contributed by atoms with Crippen LogP contribution in [0.3, 0.4) is 0 Å². The van der Waals surface area contributed by atoms with E-state index in [0.29, 0.717) is 32.4 Å². The Balaban J connectivity index is 2.11. The maximum absolute atomic E-state index is 13.1. The smallest absolute Gasteiger partial charge is 0.242 e. The van der Waals surface area contributed by atoms with Crippen LogP contribution in [0.4, 0.5) is 0 Å². The number of thioether (sulfide) groups is 1. The second kappa shape index (κ2) is 13.6. The van der Waals surface area contributed by atoms with Crippen LogP contribution in [0.5, 0.6) is 0 Å². The van der Waals surface area contributed by atoms with Gasteiger partial charge in [0.1, 0.15) is 6.04 Å². The number of hydrogen-bond acceptors (Lipinski definition) is 3. The van der Waals surface area contributed by atoms with E-state index in [4.69, 9.17) is 46.4 Å². The fraction of sp³-hybridized carbons (Fsp3) is 0.391. The van der Waals surface area contributed by atoms with Crippen molar-refractivity contribution in [1.29, 1.82) is 0 Å². The van der Waals surface area contributed by atoms with Crippen LogP contribution in [0.2, 0.25) is 20.1 Å². The fourth-order valence-electron chi connectivity index (χ4n) is 2.95. The first-order valence-corrected chi connectivity index (χ1v) is 12.9. The number of hydrogen-bond donors (Lipinski definition) is 1. The van der Waals surface area contributed by atoms with Crippen molar-refractivity contribution in [3.05, 3.63) is 67.6 Å². The first-order valence-electron chi connectivity index (χ1n) is 10.3. The van der Waals surface area contributed by atoms with Gasteiger partial charge in [-0.05, 0) is 48.7 Å². The molecule has 0 aromatic heterocycles. The molecule has 0 heterocycles. The highest BCUT2D eigenvalue weighted by Gasteiger charge is 2.26. The van der Waals surface area contributed by atoms with Crippen molar-refractivity contribution in [1.82, 2.24) is 10.2 Å². The average Bonchev–Trinajstić information content (AvgIpc) is 2.76. The number of benzene rings is 2. The van der Waals surface area contributed by atoms with Gasteiger partial charge in [0.15, 0.2) is 0 Å². The van der Waals surface area contributed by atoms with Crippen LogP contribution in [-0.2, 0) is 21.9 Å². The molecule has 2 amide bonds. The third kappa shape index (κ3) is 8.03. The molecule has 32 heavy (non-hydrogen) atoms. The minimum Gasteiger partial charge on any atom is -0.354 e. The normalized spacial score (nSPS) is 11.8. The highest BCUT2D eigenvalue weighted by molar-refractivity contribution is 7.99. The van der Waals surface area contributed by atoms with Crippen molar-refractivity contribution in [2.45, 2.75) is 45.0 Å². The number of amides is 2. The van der Waals surface area contributed by atoms with Crippen molar-refractivity contribution >= 4 is 70.0 Å². The zero-order chi connectivity index (χ0) is 23.7. The lowest BCUT2D eigenvalue weighted by Crippen LogP contribution is -2.48. The molecule has 0 saturated heterocycles. The quantitative estimate of drug-likeness (QED) is 0.319. The van der Waals surface area contributed by atoms with Gasteiger partial charge in [-0.3, -0.25) is 9.59 Å². The molecule has 174 valence electrons. The topological polar surface area (TPSA) is 49.4 Å². The largest absolute Gasteiger partial charge is 0.354 e. The molecular formula is C23H26Cl4N2O2S. The molecule has 0 spiro atoms. The number of carbonyl (C=O) groups excluding carboxylic acids is 2. The lowest BCUT2D eigenvalue weighted by atomic mass is 10.1. The third-order valence-electron chi connectivity index (χ3n) is 4.87. The summed E-state index contributed by atoms with van der Waals surface area (Å²) in [5.41, 5.74) is 1.58. The van der Waals surface area contributed by atoms with Crippen LogP contribution in [0.1, 0.15) is 37.8 Å². The Kier molecular flexibility index (Phi) is 11.5. The molecule has 0 aliphatic heterocycles. The number of rotatable bonds is 11. The van der Waals surface area contributed by atoms with E-state index in [0.717, 1.165) is 24.0 Å². The summed E-state index contributed by atoms with van der Waals surface area (Å²) in [4.78, 5) is 27.4. The van der Waals surface area contributed by atoms with Crippen LogP contribution in [0.15, 0.2) is 36.4 Å². The summed E-state index contributed by atoms with van der Waals surface area (Å²) in [5, 5.41) is 4.87. The molecule has 2 aromatic carbocycles. The molecule has 0 radical (unpaired) electrons. The Morgan fingerprint density at radius 3 is 2.34 bits per heavy atom. The molecule has 0 saturated carbocycles. The summed E-state index contributed by atoms with van der Waals surface area (Å²) >= 11 is 26.0. The van der Waals surface area contributed by atoms with Gasteiger partial charge in [0.25, 0.3) is 0 Å². The zero-order valence-corrected chi connectivity index (χ0v) is 21.8. The molecule has 9 heteroatoms. The summed E-state index contributed by atoms with van der Waals surface area (Å²) in [6.07, 6.45) is 1.86. The number of unbranched alkanes of at least 4 members (excludes halogenated alkanes) is 1. The third-order valence-corrected chi connectivity index (χ3v) is 7.26. The highest BCUT2D eigenvalue weighted by Crippen LogP contribution is 2.29. The van der Waals surface area contributed by atoms with E-state index in [2.05, 4.69) is 12.2 Å². The Labute approximate surface area is 213 Å². The van der Waals surface area contributed by atoms with E-state index in [1.165, 1.54) is 11.8 Å². The molecule has 0 fully saturated rings. The van der Waals surface area contributed by atoms with E-state index in [1.54, 1.807) is 48.2 Å². The van der Waals surface area contributed by atoms with Crippen LogP contribution in [0.25, 0.3) is 0 Å². The number of halogens is 4. The monoisotopic (exact) mass is 534 g/mol. The van der Waals surface area contributed by atoms with Gasteiger partial charge in [0, 0.05) is 28.9 Å². The van der Waals surface area contributed by atoms with Crippen LogP contribution >= 0.6 is 58.2 Å². The van der Waals surface area contributed by atoms with Gasteiger partial charge in [-0.15, -0.1) is 11.8 Å². The summed E-state index contributed by atoms with van der Waals surface area (Å²) in [5.74, 6) is 0.311. The Morgan fingerprint density at radius 2 is 1.72 bits per heavy atom. The minimum absolute atomic E-state index is 0.164. The van der Waals surface area contributed by atoms with Crippen LogP contribution < -0.4 is 5.32 Å². The first-order chi connectivity index (χ1) is 15.2. The van der Waals surface area contributed by atoms with Crippen molar-refractivity contribution in [3.8, 4) is 0 Å². The molecule has 0 bridgehead atoms. The van der Waals surface area contributed by atoms with E-state index in [9.17, 15) is 9.59 Å². The van der Waals surface area contributed by atoms with Gasteiger partial charge in [0.05, 0.1) is 15.8 Å². The lowest BCUT2D eigenvalue weighted by molar-refractivity contribution is -0.138. The molecule has 4 nitrogen and oxygen atoms in total. The van der Waals surface area contributed by atoms with Crippen molar-refractivity contribution < 1.29 is 9.59 Å². The van der Waals surface area contributed by atoms with Crippen molar-refractivity contribution in [2.24, 2.45) is 0 Å². The maximum Gasteiger partial charge on any atom is 0.242 e. The summed E-state index contributed by atoms with van der Waals surface area (Å²) < 4.78 is 0. The molecule has 2 rings (SSSR count). The molecule has 1 atom stereocenters. The SMILES string of the molecule is CCCCNC(=O)[C@H](C)N(Cc1ccc(Cl)c(Cl)c1)C(=O)CSCc1c(Cl)cccc1Cl. The van der Waals surface area contributed by atoms with Gasteiger partial charge in [0.2, 0.25) is 11.8 Å². The van der Waals surface area contributed by atoms with Gasteiger partial charge in [-0.1, -0.05) is 71.9 Å². The van der Waals surface area contributed by atoms with E-state index >= 15 is 0 Å². The standard InChI is InChI=1S/C23H26Cl4N2O2S/c1-3-4-10-28-23(31)15(2)29(12-16-8-9-20(26)21(27)11-16)22(30)14-32-13-17-18(24)6-5-7-19(17)25/h5-9,11,15H,3-4,10,12-14H2,1-2H3,(H,28,31)/t15-/m0/s1. The van der Waals surface area contributed by atoms with E-state index in [1.807, 2.05) is 0 Å². The number of nitrogens with one attached hydrogen (secondary N) is 1. The molecule has 0 aliphatic rings. The molecule has 0 unspecified atom stereocenters. The molecule has 0 aliphatic carbocycles. The number of nitrogens with zero attached hydrogens (tertiary/aromatic N) is 1. The molecular weight excluding hydrogens is 510 g/mol. The predicted octanol–water partition coefficient (Wildman–Crippen LogP) is 6.87. The van der Waals surface area contributed by atoms with E-state index in [-0.39, 0.29) is 24.1 Å². The number of carbonyl (C=O) groups is 2. The van der Waals surface area contributed by atoms with Gasteiger partial charge >= 0.3 is 0 Å². The minimum atomic E-state index is -0.640. The van der Waals surface area contributed by atoms with E-state index < -0.39 is 6.04 Å². The second-order valence-corrected chi connectivity index (χ2v) is 9.90. The summed E-state index contributed by atoms with van der Waals surface area (Å²) in [7, 11) is 0. The van der Waals surface area contributed by atoms with Gasteiger partial charge < -0.3 is 10.2 Å². The van der Waals surface area contributed by atoms with Crippen LogP contribution in [-0.4, -0.2) is 35.1 Å². The average molecular weight is 536 g/mol. The molecule has 1 N–H and O–H groups in total. The lowest BCUT2D eigenvalue weighted by Gasteiger charge is -2.29. The Bertz CT molecular complexity index is 922. The van der Waals surface area contributed by atoms with Gasteiger partial charge in [-0.25, -0.2) is 0 Å². The molecule has 2 aromatic rings. The highest BCUT2D eigenvalue weighted by atomic mass is 35.5. The van der Waals surface area contributed by atoms with Gasteiger partial charge in [-0.2, -0.15) is 0 Å². The Morgan fingerprint density at radius 1 is 1.03 bits per heavy atom. The fourth-order valence-corrected chi connectivity index (χ4v) is 4.91. The maximum atomic E-state index is 13.1. The second-order valence-electron chi connectivity index (χ2n) is 7.28. The van der Waals surface area contributed by atoms with Crippen molar-refractivity contribution in [2.75, 3.05) is 12.3 Å². The predicted molar refractivity (Wildman–Crippen MR) is 137 cm³/mol. The van der Waals surface area contributed by atoms with Crippen LogP contribution in [0, 0.1) is 0 Å². The summed E-state index contributed by atoms with van der Waals surface area (Å²) in [6.45, 7) is 4.60. The first kappa shape index (κ1) is 27.1. The summed E-state index contributed by atoms with van der Waals surface area (Å²) in [6, 6.07) is 9.87. The van der Waals surface area contributed by atoms with Crippen molar-refractivity contribution in [3.63, 3.8) is 0 Å². The zero-order valence-electron chi connectivity index (χ0n) is 18.0. The Hall–Kier alpha value is -1.11.